The van der Waals surface area contributed by atoms with E-state index >= 15 is 0 Å². The van der Waals surface area contributed by atoms with E-state index in [1.165, 1.54) is 5.57 Å². The van der Waals surface area contributed by atoms with Gasteiger partial charge in [-0.25, -0.2) is 0 Å². The molecule has 0 aromatic rings. The number of carbonyl (C=O) groups is 2. The molecule has 1 N–H and O–H groups in total. The summed E-state index contributed by atoms with van der Waals surface area (Å²) in [6.07, 6.45) is 9.30. The summed E-state index contributed by atoms with van der Waals surface area (Å²) in [6.45, 7) is 4.33. The Labute approximate surface area is 118 Å². The van der Waals surface area contributed by atoms with Crippen LogP contribution in [-0.4, -0.2) is 35.1 Å². The molecule has 1 aliphatic carbocycles. The van der Waals surface area contributed by atoms with Crippen LogP contribution in [0.4, 0.5) is 0 Å². The molecule has 106 valence electrons. The number of carbonyl (C=O) groups excluding carboxylic acids is 2. The molecule has 0 aromatic heterocycles. The zero-order valence-corrected chi connectivity index (χ0v) is 11.7. The van der Waals surface area contributed by atoms with Crippen LogP contribution in [0.25, 0.3) is 0 Å². The Balaban J connectivity index is 1.76. The Hall–Kier alpha value is -1.91. The van der Waals surface area contributed by atoms with Crippen LogP contribution in [0, 0.1) is 11.8 Å². The van der Waals surface area contributed by atoms with E-state index in [4.69, 9.17) is 0 Å². The largest absolute Gasteiger partial charge is 0.295 e. The molecule has 3 unspecified atom stereocenters. The molecule has 3 atom stereocenters. The van der Waals surface area contributed by atoms with Gasteiger partial charge in [0, 0.05) is 18.6 Å². The molecule has 2 amide bonds. The molecule has 0 spiro atoms. The summed E-state index contributed by atoms with van der Waals surface area (Å²) in [4.78, 5) is 23.2. The molecule has 0 saturated carbocycles. The number of hydrogen-bond acceptors (Lipinski definition) is 4. The highest BCUT2D eigenvalue weighted by Gasteiger charge is 2.39. The van der Waals surface area contributed by atoms with Crippen molar-refractivity contribution < 1.29 is 9.59 Å². The number of imide groups is 1. The number of piperidine rings is 1. The van der Waals surface area contributed by atoms with Crippen molar-refractivity contribution in [3.8, 4) is 0 Å². The highest BCUT2D eigenvalue weighted by atomic mass is 16.2. The Morgan fingerprint density at radius 1 is 1.40 bits per heavy atom. The van der Waals surface area contributed by atoms with Crippen molar-refractivity contribution in [3.63, 3.8) is 0 Å². The van der Waals surface area contributed by atoms with Gasteiger partial charge in [0.25, 0.3) is 5.91 Å². The van der Waals surface area contributed by atoms with E-state index in [1.54, 1.807) is 0 Å². The van der Waals surface area contributed by atoms with Crippen molar-refractivity contribution in [1.82, 2.24) is 10.3 Å². The monoisotopic (exact) mass is 273 g/mol. The number of hydrazone groups is 1. The normalized spacial score (nSPS) is 32.5. The average Bonchev–Trinajstić information content (AvgIpc) is 2.81. The Morgan fingerprint density at radius 2 is 2.20 bits per heavy atom. The first-order valence-corrected chi connectivity index (χ1v) is 7.12. The topological polar surface area (TPSA) is 61.8 Å². The molecule has 0 aromatic carbocycles. The number of hydrogen-bond donors (Lipinski definition) is 1. The van der Waals surface area contributed by atoms with Crippen LogP contribution in [0.5, 0.6) is 0 Å². The van der Waals surface area contributed by atoms with Gasteiger partial charge in [-0.05, 0) is 17.9 Å². The minimum Gasteiger partial charge on any atom is -0.295 e. The molecular formula is C15H19N3O2. The van der Waals surface area contributed by atoms with E-state index in [-0.39, 0.29) is 29.8 Å². The first-order chi connectivity index (χ1) is 9.56. The highest BCUT2D eigenvalue weighted by molar-refractivity contribution is 6.00. The molecule has 20 heavy (non-hydrogen) atoms. The minimum atomic E-state index is -0.336. The van der Waals surface area contributed by atoms with Crippen molar-refractivity contribution >= 4 is 18.0 Å². The quantitative estimate of drug-likeness (QED) is 0.770. The van der Waals surface area contributed by atoms with E-state index in [0.29, 0.717) is 18.8 Å². The smallest absolute Gasteiger partial charge is 0.251 e. The average molecular weight is 273 g/mol. The van der Waals surface area contributed by atoms with Gasteiger partial charge in [0.05, 0.1) is 6.04 Å². The molecule has 3 rings (SSSR count). The summed E-state index contributed by atoms with van der Waals surface area (Å²) in [7, 11) is 0. The van der Waals surface area contributed by atoms with Crippen LogP contribution in [0.1, 0.15) is 26.7 Å². The van der Waals surface area contributed by atoms with E-state index in [2.05, 4.69) is 42.5 Å². The molecule has 2 heterocycles. The third-order valence-electron chi connectivity index (χ3n) is 4.14. The first kappa shape index (κ1) is 13.1. The maximum atomic E-state index is 12.0. The lowest BCUT2D eigenvalue weighted by molar-refractivity contribution is -0.137. The van der Waals surface area contributed by atoms with Gasteiger partial charge in [-0.1, -0.05) is 32.1 Å². The minimum absolute atomic E-state index is 0.0986. The number of rotatable bonds is 2. The molecule has 1 saturated heterocycles. The molecule has 1 fully saturated rings. The third kappa shape index (κ3) is 2.17. The zero-order chi connectivity index (χ0) is 14.3. The predicted molar refractivity (Wildman–Crippen MR) is 75.8 cm³/mol. The molecular weight excluding hydrogens is 254 g/mol. The molecule has 0 radical (unpaired) electrons. The lowest BCUT2D eigenvalue weighted by Gasteiger charge is -2.34. The van der Waals surface area contributed by atoms with Gasteiger partial charge in [-0.15, -0.1) is 0 Å². The van der Waals surface area contributed by atoms with Gasteiger partial charge in [0.1, 0.15) is 6.04 Å². The second kappa shape index (κ2) is 4.89. The number of amides is 2. The maximum absolute atomic E-state index is 12.0. The fourth-order valence-electron chi connectivity index (χ4n) is 2.95. The van der Waals surface area contributed by atoms with Crippen molar-refractivity contribution in [3.05, 3.63) is 23.8 Å². The summed E-state index contributed by atoms with van der Waals surface area (Å²) in [6, 6.07) is -0.237. The molecule has 3 aliphatic rings. The first-order valence-electron chi connectivity index (χ1n) is 7.12. The van der Waals surface area contributed by atoms with Gasteiger partial charge in [0.2, 0.25) is 5.91 Å². The summed E-state index contributed by atoms with van der Waals surface area (Å²) < 4.78 is 0. The highest BCUT2D eigenvalue weighted by Crippen LogP contribution is 2.31. The van der Waals surface area contributed by atoms with Crippen LogP contribution in [0.3, 0.4) is 0 Å². The van der Waals surface area contributed by atoms with Crippen LogP contribution < -0.4 is 5.32 Å². The predicted octanol–water partition coefficient (Wildman–Crippen LogP) is 1.23. The number of allylic oxidation sites excluding steroid dienone is 2. The van der Waals surface area contributed by atoms with Crippen molar-refractivity contribution in [2.75, 3.05) is 0 Å². The van der Waals surface area contributed by atoms with E-state index in [1.807, 2.05) is 11.2 Å². The summed E-state index contributed by atoms with van der Waals surface area (Å²) in [5.74, 6) is 0.298. The Kier molecular flexibility index (Phi) is 3.20. The van der Waals surface area contributed by atoms with Crippen LogP contribution in [-0.2, 0) is 9.59 Å². The van der Waals surface area contributed by atoms with Crippen LogP contribution in [0.15, 0.2) is 28.9 Å². The van der Waals surface area contributed by atoms with Crippen molar-refractivity contribution in [1.29, 1.82) is 0 Å². The van der Waals surface area contributed by atoms with Crippen LogP contribution >= 0.6 is 0 Å². The third-order valence-corrected chi connectivity index (χ3v) is 4.14. The zero-order valence-electron chi connectivity index (χ0n) is 11.7. The van der Waals surface area contributed by atoms with Gasteiger partial charge in [-0.2, -0.15) is 5.10 Å². The Morgan fingerprint density at radius 3 is 2.90 bits per heavy atom. The van der Waals surface area contributed by atoms with Crippen molar-refractivity contribution in [2.24, 2.45) is 16.9 Å². The fraction of sp³-hybridized carbons (Fsp3) is 0.533. The Bertz CT molecular complexity index is 533. The fourth-order valence-corrected chi connectivity index (χ4v) is 2.95. The SMILES string of the molecule is CC(C)C1=CC2C=NN(C3CCC(=O)NC3=O)C2C=C1. The molecule has 2 aliphatic heterocycles. The van der Waals surface area contributed by atoms with E-state index < -0.39 is 0 Å². The summed E-state index contributed by atoms with van der Waals surface area (Å²) >= 11 is 0. The van der Waals surface area contributed by atoms with Gasteiger partial charge in [-0.3, -0.25) is 19.9 Å². The molecule has 5 nitrogen and oxygen atoms in total. The second-order valence-corrected chi connectivity index (χ2v) is 5.86. The lowest BCUT2D eigenvalue weighted by atomic mass is 9.87. The van der Waals surface area contributed by atoms with Crippen molar-refractivity contribution in [2.45, 2.75) is 38.8 Å². The lowest BCUT2D eigenvalue weighted by Crippen LogP contribution is -2.53. The summed E-state index contributed by atoms with van der Waals surface area (Å²) in [5, 5.41) is 8.65. The number of fused-ring (bicyclic) bond motifs is 1. The molecule has 5 heteroatoms. The van der Waals surface area contributed by atoms with E-state index in [9.17, 15) is 9.59 Å². The van der Waals surface area contributed by atoms with Gasteiger partial charge < -0.3 is 0 Å². The van der Waals surface area contributed by atoms with Gasteiger partial charge in [0.15, 0.2) is 0 Å². The summed E-state index contributed by atoms with van der Waals surface area (Å²) in [5.41, 5.74) is 1.31. The van der Waals surface area contributed by atoms with Crippen LogP contribution in [0.2, 0.25) is 0 Å². The number of nitrogens with one attached hydrogen (secondary N) is 1. The number of nitrogens with zero attached hydrogens (tertiary/aromatic N) is 2. The standard InChI is InChI=1S/C15H19N3O2/c1-9(2)10-3-4-12-11(7-10)8-16-18(12)13-5-6-14(19)17-15(13)20/h3-4,7-9,11-13H,5-6H2,1-2H3,(H,17,19,20). The van der Waals surface area contributed by atoms with E-state index in [0.717, 1.165) is 0 Å². The second-order valence-electron chi connectivity index (χ2n) is 5.86. The molecule has 0 bridgehead atoms. The van der Waals surface area contributed by atoms with Gasteiger partial charge >= 0.3 is 0 Å². The maximum Gasteiger partial charge on any atom is 0.251 e.